The van der Waals surface area contributed by atoms with Crippen molar-refractivity contribution >= 4 is 8.32 Å². The van der Waals surface area contributed by atoms with Crippen molar-refractivity contribution in [2.45, 2.75) is 58.9 Å². The first-order valence-corrected chi connectivity index (χ1v) is 9.54. The lowest BCUT2D eigenvalue weighted by molar-refractivity contribution is 0.277. The van der Waals surface area contributed by atoms with Crippen molar-refractivity contribution in [2.24, 2.45) is 0 Å². The zero-order chi connectivity index (χ0) is 14.0. The summed E-state index contributed by atoms with van der Waals surface area (Å²) < 4.78 is 6.39. The van der Waals surface area contributed by atoms with E-state index in [1.165, 1.54) is 5.56 Å². The Kier molecular flexibility index (Phi) is 4.62. The van der Waals surface area contributed by atoms with Gasteiger partial charge in [-0.05, 0) is 30.1 Å². The van der Waals surface area contributed by atoms with Gasteiger partial charge in [0.2, 0.25) is 0 Å². The molecule has 0 unspecified atom stereocenters. The molecule has 0 heterocycles. The summed E-state index contributed by atoms with van der Waals surface area (Å²) in [5.41, 5.74) is 2.09. The van der Waals surface area contributed by atoms with Crippen molar-refractivity contribution in [2.75, 3.05) is 0 Å². The van der Waals surface area contributed by atoms with E-state index in [1.54, 1.807) is 0 Å². The molecule has 0 atom stereocenters. The summed E-state index contributed by atoms with van der Waals surface area (Å²) in [6.07, 6.45) is 0.928. The predicted octanol–water partition coefficient (Wildman–Crippen LogP) is 4.13. The van der Waals surface area contributed by atoms with Crippen molar-refractivity contribution in [1.29, 1.82) is 0 Å². The van der Waals surface area contributed by atoms with Crippen LogP contribution in [0.15, 0.2) is 18.2 Å². The second-order valence-corrected chi connectivity index (χ2v) is 11.0. The number of benzene rings is 1. The fourth-order valence-electron chi connectivity index (χ4n) is 1.58. The van der Waals surface area contributed by atoms with E-state index < -0.39 is 8.32 Å². The minimum atomic E-state index is -1.85. The summed E-state index contributed by atoms with van der Waals surface area (Å²) in [4.78, 5) is 0. The molecule has 1 rings (SSSR count). The van der Waals surface area contributed by atoms with Crippen molar-refractivity contribution in [3.8, 4) is 5.75 Å². The van der Waals surface area contributed by atoms with Gasteiger partial charge in [0.05, 0.1) is 6.61 Å². The first kappa shape index (κ1) is 15.3. The second-order valence-electron chi connectivity index (χ2n) is 6.28. The molecule has 18 heavy (non-hydrogen) atoms. The van der Waals surface area contributed by atoms with Crippen LogP contribution in [-0.4, -0.2) is 13.4 Å². The van der Waals surface area contributed by atoms with Crippen molar-refractivity contribution in [3.63, 3.8) is 0 Å². The van der Waals surface area contributed by atoms with Crippen molar-refractivity contribution in [1.82, 2.24) is 0 Å². The summed E-state index contributed by atoms with van der Waals surface area (Å²) in [7, 11) is -1.85. The van der Waals surface area contributed by atoms with Gasteiger partial charge in [0, 0.05) is 5.56 Å². The summed E-state index contributed by atoms with van der Waals surface area (Å²) in [6.45, 7) is 13.3. The molecular formula is C15H26O2Si. The molecule has 1 aromatic carbocycles. The molecule has 0 bridgehead atoms. The summed E-state index contributed by atoms with van der Waals surface area (Å²) >= 11 is 0. The molecule has 0 aliphatic heterocycles. The third-order valence-corrected chi connectivity index (χ3v) is 8.22. The van der Waals surface area contributed by atoms with Gasteiger partial charge >= 0.3 is 0 Å². The molecule has 2 nitrogen and oxygen atoms in total. The molecule has 0 amide bonds. The SMILES string of the molecule is CCc1cccc(CO)c1O[Si](C)(C)C(C)(C)C. The van der Waals surface area contributed by atoms with Crippen LogP contribution in [0, 0.1) is 0 Å². The average Bonchev–Trinajstić information content (AvgIpc) is 2.27. The number of aliphatic hydroxyl groups excluding tert-OH is 1. The molecule has 0 aliphatic rings. The van der Waals surface area contributed by atoms with E-state index in [0.29, 0.717) is 0 Å². The Labute approximate surface area is 112 Å². The maximum absolute atomic E-state index is 9.47. The minimum absolute atomic E-state index is 0.0395. The molecular weight excluding hydrogens is 240 g/mol. The largest absolute Gasteiger partial charge is 0.543 e. The highest BCUT2D eigenvalue weighted by Gasteiger charge is 2.39. The normalized spacial score (nSPS) is 12.6. The van der Waals surface area contributed by atoms with E-state index >= 15 is 0 Å². The molecule has 102 valence electrons. The van der Waals surface area contributed by atoms with Gasteiger partial charge in [0.1, 0.15) is 5.75 Å². The molecule has 0 saturated heterocycles. The maximum Gasteiger partial charge on any atom is 0.250 e. The van der Waals surface area contributed by atoms with Gasteiger partial charge in [-0.15, -0.1) is 0 Å². The highest BCUT2D eigenvalue weighted by atomic mass is 28.4. The predicted molar refractivity (Wildman–Crippen MR) is 79.6 cm³/mol. The smallest absolute Gasteiger partial charge is 0.250 e. The van der Waals surface area contributed by atoms with Gasteiger partial charge in [0.15, 0.2) is 0 Å². The molecule has 0 spiro atoms. The Morgan fingerprint density at radius 2 is 1.72 bits per heavy atom. The number of aliphatic hydroxyl groups is 1. The van der Waals surface area contributed by atoms with Crippen LogP contribution in [0.2, 0.25) is 18.1 Å². The Morgan fingerprint density at radius 1 is 1.17 bits per heavy atom. The van der Waals surface area contributed by atoms with Gasteiger partial charge < -0.3 is 9.53 Å². The van der Waals surface area contributed by atoms with Crippen LogP contribution in [-0.2, 0) is 13.0 Å². The lowest BCUT2D eigenvalue weighted by Crippen LogP contribution is -2.44. The topological polar surface area (TPSA) is 29.5 Å². The molecule has 3 heteroatoms. The van der Waals surface area contributed by atoms with Gasteiger partial charge in [-0.25, -0.2) is 0 Å². The Balaban J connectivity index is 3.17. The first-order chi connectivity index (χ1) is 8.23. The first-order valence-electron chi connectivity index (χ1n) is 6.63. The fraction of sp³-hybridized carbons (Fsp3) is 0.600. The summed E-state index contributed by atoms with van der Waals surface area (Å²) in [5.74, 6) is 0.911. The van der Waals surface area contributed by atoms with E-state index in [2.05, 4.69) is 46.9 Å². The van der Waals surface area contributed by atoms with Gasteiger partial charge in [0.25, 0.3) is 8.32 Å². The highest BCUT2D eigenvalue weighted by Crippen LogP contribution is 2.39. The zero-order valence-corrected chi connectivity index (χ0v) is 13.5. The van der Waals surface area contributed by atoms with E-state index in [0.717, 1.165) is 17.7 Å². The van der Waals surface area contributed by atoms with E-state index in [1.807, 2.05) is 12.1 Å². The third kappa shape index (κ3) is 3.15. The molecule has 0 aromatic heterocycles. The van der Waals surface area contributed by atoms with Crippen LogP contribution in [0.1, 0.15) is 38.8 Å². The summed E-state index contributed by atoms with van der Waals surface area (Å²) in [6, 6.07) is 6.02. The fourth-order valence-corrected chi connectivity index (χ4v) is 2.66. The Bertz CT molecular complexity index is 383. The third-order valence-electron chi connectivity index (χ3n) is 3.89. The van der Waals surface area contributed by atoms with E-state index in [4.69, 9.17) is 4.43 Å². The highest BCUT2D eigenvalue weighted by molar-refractivity contribution is 6.74. The van der Waals surface area contributed by atoms with Crippen LogP contribution in [0.5, 0.6) is 5.75 Å². The van der Waals surface area contributed by atoms with Gasteiger partial charge in [-0.1, -0.05) is 45.9 Å². The van der Waals surface area contributed by atoms with Crippen LogP contribution in [0.25, 0.3) is 0 Å². The van der Waals surface area contributed by atoms with Crippen LogP contribution in [0.4, 0.5) is 0 Å². The molecule has 0 saturated carbocycles. The van der Waals surface area contributed by atoms with Crippen molar-refractivity contribution < 1.29 is 9.53 Å². The molecule has 0 radical (unpaired) electrons. The van der Waals surface area contributed by atoms with Gasteiger partial charge in [-0.3, -0.25) is 0 Å². The average molecular weight is 266 g/mol. The number of hydrogen-bond acceptors (Lipinski definition) is 2. The Hall–Kier alpha value is -0.803. The quantitative estimate of drug-likeness (QED) is 0.831. The molecule has 0 fully saturated rings. The minimum Gasteiger partial charge on any atom is -0.543 e. The monoisotopic (exact) mass is 266 g/mol. The van der Waals surface area contributed by atoms with Crippen molar-refractivity contribution in [3.05, 3.63) is 29.3 Å². The zero-order valence-electron chi connectivity index (χ0n) is 12.5. The Morgan fingerprint density at radius 3 is 2.17 bits per heavy atom. The second kappa shape index (κ2) is 5.45. The van der Waals surface area contributed by atoms with Crippen LogP contribution >= 0.6 is 0 Å². The standard InChI is InChI=1S/C15H26O2Si/c1-7-12-9-8-10-13(11-16)14(12)17-18(5,6)15(2,3)4/h8-10,16H,7,11H2,1-6H3. The van der Waals surface area contributed by atoms with Crippen LogP contribution in [0.3, 0.4) is 0 Å². The lowest BCUT2D eigenvalue weighted by Gasteiger charge is -2.37. The lowest BCUT2D eigenvalue weighted by atomic mass is 10.1. The van der Waals surface area contributed by atoms with E-state index in [-0.39, 0.29) is 11.6 Å². The molecule has 1 N–H and O–H groups in total. The maximum atomic E-state index is 9.47. The van der Waals surface area contributed by atoms with Crippen LogP contribution < -0.4 is 4.43 Å². The van der Waals surface area contributed by atoms with E-state index in [9.17, 15) is 5.11 Å². The number of aryl methyl sites for hydroxylation is 1. The summed E-state index contributed by atoms with van der Waals surface area (Å²) in [5, 5.41) is 9.64. The van der Waals surface area contributed by atoms with Gasteiger partial charge in [-0.2, -0.15) is 0 Å². The number of hydrogen-bond donors (Lipinski definition) is 1. The number of para-hydroxylation sites is 1. The number of rotatable bonds is 4. The molecule has 1 aromatic rings. The molecule has 0 aliphatic carbocycles.